The predicted molar refractivity (Wildman–Crippen MR) is 120 cm³/mol. The molecule has 10 heteroatoms. The lowest BCUT2D eigenvalue weighted by atomic mass is 10.1. The fourth-order valence-electron chi connectivity index (χ4n) is 3.09. The fraction of sp³-hybridized carbons (Fsp3) is 0.0455. The van der Waals surface area contributed by atoms with Gasteiger partial charge < -0.3 is 21.9 Å². The summed E-state index contributed by atoms with van der Waals surface area (Å²) in [6.07, 6.45) is -1.33. The van der Waals surface area contributed by atoms with E-state index in [1.54, 1.807) is 30.3 Å². The number of hydrogen-bond donors (Lipinski definition) is 4. The van der Waals surface area contributed by atoms with Crippen LogP contribution >= 0.6 is 11.6 Å². The van der Waals surface area contributed by atoms with Crippen molar-refractivity contribution in [1.29, 1.82) is 0 Å². The van der Waals surface area contributed by atoms with E-state index < -0.39 is 18.0 Å². The van der Waals surface area contributed by atoms with Crippen molar-refractivity contribution in [1.82, 2.24) is 14.8 Å². The van der Waals surface area contributed by atoms with Gasteiger partial charge in [-0.3, -0.25) is 4.79 Å². The molecule has 32 heavy (non-hydrogen) atoms. The third kappa shape index (κ3) is 4.30. The maximum Gasteiger partial charge on any atom is 0.258 e. The Kier molecular flexibility index (Phi) is 5.87. The quantitative estimate of drug-likeness (QED) is 0.342. The zero-order valence-electron chi connectivity index (χ0n) is 16.5. The van der Waals surface area contributed by atoms with E-state index in [2.05, 4.69) is 15.4 Å². The van der Waals surface area contributed by atoms with Crippen LogP contribution < -0.4 is 16.8 Å². The highest BCUT2D eigenvalue weighted by atomic mass is 35.5. The zero-order valence-corrected chi connectivity index (χ0v) is 17.3. The van der Waals surface area contributed by atoms with E-state index in [1.165, 1.54) is 35.0 Å². The molecule has 0 aliphatic heterocycles. The molecule has 8 nitrogen and oxygen atoms in total. The van der Waals surface area contributed by atoms with Crippen molar-refractivity contribution in [2.24, 2.45) is 5.73 Å². The number of nitrogens with two attached hydrogens (primary N) is 2. The molecule has 2 aromatic heterocycles. The minimum Gasteiger partial charge on any atom is -0.384 e. The third-order valence-corrected chi connectivity index (χ3v) is 4.96. The standard InChI is InChI=1S/C22H18ClFN6O2/c23-15-7-6-12(20-16(24)8-9-18(25)27-20)10-14(15)22(32)28-19-11-17(21(26)31)29-30(19)13-4-2-1-3-5-13/h1-11,21,31H,26H2,(H2,25,27)(H,28,32). The van der Waals surface area contributed by atoms with E-state index in [4.69, 9.17) is 23.1 Å². The first-order valence-electron chi connectivity index (χ1n) is 9.46. The minimum atomic E-state index is -1.33. The Labute approximate surface area is 187 Å². The molecule has 6 N–H and O–H groups in total. The van der Waals surface area contributed by atoms with Crippen LogP contribution in [0, 0.1) is 5.82 Å². The van der Waals surface area contributed by atoms with Crippen LogP contribution in [0.25, 0.3) is 16.9 Å². The highest BCUT2D eigenvalue weighted by molar-refractivity contribution is 6.34. The molecule has 4 aromatic rings. The van der Waals surface area contributed by atoms with Crippen molar-refractivity contribution in [2.75, 3.05) is 11.1 Å². The van der Waals surface area contributed by atoms with Crippen molar-refractivity contribution in [2.45, 2.75) is 6.23 Å². The van der Waals surface area contributed by atoms with Gasteiger partial charge in [0.15, 0.2) is 0 Å². The molecule has 0 fully saturated rings. The number of rotatable bonds is 5. The van der Waals surface area contributed by atoms with Gasteiger partial charge in [-0.15, -0.1) is 0 Å². The molecule has 0 radical (unpaired) electrons. The number of carbonyl (C=O) groups is 1. The molecule has 2 heterocycles. The van der Waals surface area contributed by atoms with E-state index in [-0.39, 0.29) is 33.6 Å². The van der Waals surface area contributed by atoms with E-state index in [1.807, 2.05) is 6.07 Å². The first-order chi connectivity index (χ1) is 15.3. The Morgan fingerprint density at radius 1 is 1.12 bits per heavy atom. The van der Waals surface area contributed by atoms with Crippen molar-refractivity contribution < 1.29 is 14.3 Å². The van der Waals surface area contributed by atoms with E-state index in [0.29, 0.717) is 11.3 Å². The number of halogens is 2. The number of amides is 1. The number of aliphatic hydroxyl groups excluding tert-OH is 1. The van der Waals surface area contributed by atoms with Gasteiger partial charge in [0.25, 0.3) is 5.91 Å². The lowest BCUT2D eigenvalue weighted by molar-refractivity contribution is 0.102. The van der Waals surface area contributed by atoms with Crippen molar-refractivity contribution in [3.63, 3.8) is 0 Å². The number of benzene rings is 2. The van der Waals surface area contributed by atoms with Crippen LogP contribution in [0.3, 0.4) is 0 Å². The summed E-state index contributed by atoms with van der Waals surface area (Å²) in [6, 6.07) is 17.4. The van der Waals surface area contributed by atoms with E-state index in [9.17, 15) is 14.3 Å². The summed E-state index contributed by atoms with van der Waals surface area (Å²) in [6.45, 7) is 0. The summed E-state index contributed by atoms with van der Waals surface area (Å²) in [4.78, 5) is 17.1. The Bertz CT molecular complexity index is 1290. The Hall–Kier alpha value is -3.79. The molecule has 0 aliphatic rings. The second-order valence-electron chi connectivity index (χ2n) is 6.86. The molecule has 0 saturated heterocycles. The number of hydrogen-bond acceptors (Lipinski definition) is 6. The molecule has 162 valence electrons. The maximum atomic E-state index is 14.3. The monoisotopic (exact) mass is 452 g/mol. The summed E-state index contributed by atoms with van der Waals surface area (Å²) in [7, 11) is 0. The number of carbonyl (C=O) groups excluding carboxylic acids is 1. The molecule has 0 bridgehead atoms. The van der Waals surface area contributed by atoms with Crippen LogP contribution in [0.15, 0.2) is 66.7 Å². The average Bonchev–Trinajstić information content (AvgIpc) is 3.20. The summed E-state index contributed by atoms with van der Waals surface area (Å²) in [5, 5.41) is 16.9. The first kappa shape index (κ1) is 21.4. The molecule has 0 aliphatic carbocycles. The van der Waals surface area contributed by atoms with Crippen LogP contribution in [0.4, 0.5) is 16.0 Å². The van der Waals surface area contributed by atoms with Gasteiger partial charge in [0.1, 0.15) is 35.1 Å². The van der Waals surface area contributed by atoms with Gasteiger partial charge in [0, 0.05) is 11.6 Å². The molecule has 0 spiro atoms. The van der Waals surface area contributed by atoms with Gasteiger partial charge in [0.2, 0.25) is 0 Å². The highest BCUT2D eigenvalue weighted by Crippen LogP contribution is 2.28. The lowest BCUT2D eigenvalue weighted by Crippen LogP contribution is -2.16. The number of para-hydroxylation sites is 1. The number of nitrogens with zero attached hydrogens (tertiary/aromatic N) is 3. The molecule has 1 amide bonds. The fourth-order valence-corrected chi connectivity index (χ4v) is 3.29. The predicted octanol–water partition coefficient (Wildman–Crippen LogP) is 3.51. The van der Waals surface area contributed by atoms with Crippen LogP contribution in [0.2, 0.25) is 5.02 Å². The Morgan fingerprint density at radius 3 is 2.59 bits per heavy atom. The van der Waals surface area contributed by atoms with Gasteiger partial charge in [-0.25, -0.2) is 14.1 Å². The number of aliphatic hydroxyl groups is 1. The van der Waals surface area contributed by atoms with Crippen LogP contribution in [0.1, 0.15) is 22.3 Å². The molecule has 1 atom stereocenters. The summed E-state index contributed by atoms with van der Waals surface area (Å²) >= 11 is 6.25. The van der Waals surface area contributed by atoms with Gasteiger partial charge in [-0.2, -0.15) is 5.10 Å². The molecular formula is C22H18ClFN6O2. The maximum absolute atomic E-state index is 14.3. The van der Waals surface area contributed by atoms with Crippen LogP contribution in [0.5, 0.6) is 0 Å². The van der Waals surface area contributed by atoms with E-state index in [0.717, 1.165) is 0 Å². The smallest absolute Gasteiger partial charge is 0.258 e. The summed E-state index contributed by atoms with van der Waals surface area (Å²) < 4.78 is 15.7. The second-order valence-corrected chi connectivity index (χ2v) is 7.27. The molecular weight excluding hydrogens is 435 g/mol. The van der Waals surface area contributed by atoms with Gasteiger partial charge >= 0.3 is 0 Å². The second kappa shape index (κ2) is 8.75. The highest BCUT2D eigenvalue weighted by Gasteiger charge is 2.19. The average molecular weight is 453 g/mol. The Balaban J connectivity index is 1.71. The van der Waals surface area contributed by atoms with Crippen LogP contribution in [-0.4, -0.2) is 25.8 Å². The number of nitrogens with one attached hydrogen (secondary N) is 1. The molecule has 2 aromatic carbocycles. The number of anilines is 2. The third-order valence-electron chi connectivity index (χ3n) is 4.63. The van der Waals surface area contributed by atoms with Crippen LogP contribution in [-0.2, 0) is 0 Å². The lowest BCUT2D eigenvalue weighted by Gasteiger charge is -2.11. The van der Waals surface area contributed by atoms with E-state index >= 15 is 0 Å². The summed E-state index contributed by atoms with van der Waals surface area (Å²) in [5.74, 6) is -0.759. The van der Waals surface area contributed by atoms with Gasteiger partial charge in [0.05, 0.1) is 16.3 Å². The van der Waals surface area contributed by atoms with Gasteiger partial charge in [-0.05, 0) is 36.4 Å². The number of pyridine rings is 1. The number of aromatic nitrogens is 3. The van der Waals surface area contributed by atoms with Gasteiger partial charge in [-0.1, -0.05) is 35.9 Å². The summed E-state index contributed by atoms with van der Waals surface area (Å²) in [5.41, 5.74) is 12.4. The molecule has 0 saturated carbocycles. The number of nitrogen functional groups attached to an aromatic ring is 1. The molecule has 4 rings (SSSR count). The Morgan fingerprint density at radius 2 is 1.88 bits per heavy atom. The minimum absolute atomic E-state index is 0.00131. The molecule has 1 unspecified atom stereocenters. The zero-order chi connectivity index (χ0) is 22.8. The van der Waals surface area contributed by atoms with Crippen molar-refractivity contribution >= 4 is 29.1 Å². The topological polar surface area (TPSA) is 132 Å². The largest absolute Gasteiger partial charge is 0.384 e. The van der Waals surface area contributed by atoms with Crippen molar-refractivity contribution in [3.05, 3.63) is 88.8 Å². The SMILES string of the molecule is Nc1ccc(F)c(-c2ccc(Cl)c(C(=O)Nc3cc(C(N)O)nn3-c3ccccc3)c2)n1. The first-order valence-corrected chi connectivity index (χ1v) is 9.83. The van der Waals surface area contributed by atoms with Crippen molar-refractivity contribution in [3.8, 4) is 16.9 Å². The normalized spacial score (nSPS) is 11.9.